The summed E-state index contributed by atoms with van der Waals surface area (Å²) in [6.45, 7) is 4.90. The van der Waals surface area contributed by atoms with E-state index in [1.54, 1.807) is 45.0 Å². The van der Waals surface area contributed by atoms with Crippen LogP contribution in [0.3, 0.4) is 0 Å². The Labute approximate surface area is 180 Å². The first-order chi connectivity index (χ1) is 14.9. The molecule has 170 valence electrons. The van der Waals surface area contributed by atoms with E-state index in [1.165, 1.54) is 4.90 Å². The molecule has 1 fully saturated rings. The lowest BCUT2D eigenvalue weighted by Crippen LogP contribution is -2.41. The van der Waals surface area contributed by atoms with Crippen molar-refractivity contribution in [2.75, 3.05) is 11.4 Å². The van der Waals surface area contributed by atoms with E-state index in [9.17, 15) is 23.5 Å². The van der Waals surface area contributed by atoms with Crippen molar-refractivity contribution in [2.45, 2.75) is 50.9 Å². The Morgan fingerprint density at radius 2 is 1.91 bits per heavy atom. The number of furan rings is 1. The average molecular weight is 449 g/mol. The third-order valence-electron chi connectivity index (χ3n) is 4.98. The molecule has 0 bridgehead atoms. The van der Waals surface area contributed by atoms with E-state index in [0.29, 0.717) is 11.0 Å². The quantitative estimate of drug-likeness (QED) is 0.578. The minimum absolute atomic E-state index is 0.00111. The second-order valence-electron chi connectivity index (χ2n) is 8.62. The summed E-state index contributed by atoms with van der Waals surface area (Å²) >= 11 is 0. The highest BCUT2D eigenvalue weighted by atomic mass is 19.3. The van der Waals surface area contributed by atoms with Gasteiger partial charge in [-0.05, 0) is 32.9 Å². The molecular formula is C21H21F2N3O6. The van der Waals surface area contributed by atoms with Gasteiger partial charge in [0.05, 0.1) is 6.10 Å². The Hall–Kier alpha value is -3.34. The molecule has 0 radical (unpaired) electrons. The van der Waals surface area contributed by atoms with Gasteiger partial charge < -0.3 is 24.3 Å². The van der Waals surface area contributed by atoms with Crippen molar-refractivity contribution < 1.29 is 37.7 Å². The Morgan fingerprint density at radius 1 is 1.22 bits per heavy atom. The van der Waals surface area contributed by atoms with Crippen LogP contribution in [-0.4, -0.2) is 56.4 Å². The summed E-state index contributed by atoms with van der Waals surface area (Å²) in [7, 11) is 0. The molecule has 4 rings (SSSR count). The van der Waals surface area contributed by atoms with E-state index in [2.05, 4.69) is 9.97 Å². The van der Waals surface area contributed by atoms with Crippen LogP contribution in [0, 0.1) is 0 Å². The summed E-state index contributed by atoms with van der Waals surface area (Å²) in [4.78, 5) is 32.9. The van der Waals surface area contributed by atoms with E-state index in [1.807, 2.05) is 0 Å². The van der Waals surface area contributed by atoms with Crippen LogP contribution < -0.4 is 4.90 Å². The number of carboxylic acids is 1. The molecule has 1 aromatic carbocycles. The lowest BCUT2D eigenvalue weighted by Gasteiger charge is -2.28. The van der Waals surface area contributed by atoms with Crippen molar-refractivity contribution in [1.82, 2.24) is 9.97 Å². The first kappa shape index (κ1) is 21.9. The van der Waals surface area contributed by atoms with Gasteiger partial charge in [0.1, 0.15) is 22.7 Å². The first-order valence-corrected chi connectivity index (χ1v) is 9.87. The van der Waals surface area contributed by atoms with E-state index in [4.69, 9.17) is 14.3 Å². The lowest BCUT2D eigenvalue weighted by atomic mass is 10.1. The van der Waals surface area contributed by atoms with Crippen LogP contribution >= 0.6 is 0 Å². The molecule has 1 saturated heterocycles. The number of benzene rings is 1. The molecular weight excluding hydrogens is 428 g/mol. The van der Waals surface area contributed by atoms with Crippen LogP contribution in [0.25, 0.3) is 22.1 Å². The maximum Gasteiger partial charge on any atom is 0.401 e. The van der Waals surface area contributed by atoms with E-state index in [0.717, 1.165) is 0 Å². The van der Waals surface area contributed by atoms with Gasteiger partial charge in [-0.15, -0.1) is 0 Å². The van der Waals surface area contributed by atoms with Gasteiger partial charge in [-0.3, -0.25) is 0 Å². The molecule has 32 heavy (non-hydrogen) atoms. The van der Waals surface area contributed by atoms with Crippen LogP contribution in [0.15, 0.2) is 28.7 Å². The summed E-state index contributed by atoms with van der Waals surface area (Å²) in [6, 6.07) is 5.47. The highest BCUT2D eigenvalue weighted by Crippen LogP contribution is 2.38. The number of alkyl halides is 2. The Kier molecular flexibility index (Phi) is 5.04. The summed E-state index contributed by atoms with van der Waals surface area (Å²) < 4.78 is 40.1. The third kappa shape index (κ3) is 3.72. The van der Waals surface area contributed by atoms with E-state index >= 15 is 0 Å². The zero-order valence-corrected chi connectivity index (χ0v) is 17.5. The summed E-state index contributed by atoms with van der Waals surface area (Å²) in [5.74, 6) is -8.94. The summed E-state index contributed by atoms with van der Waals surface area (Å²) in [5, 5.41) is 19.6. The molecule has 9 nitrogen and oxygen atoms in total. The molecule has 0 saturated carbocycles. The molecule has 2 N–H and O–H groups in total. The number of nitrogens with zero attached hydrogens (tertiary/aromatic N) is 3. The number of anilines is 1. The number of fused-ring (bicyclic) bond motifs is 3. The van der Waals surface area contributed by atoms with Crippen LogP contribution in [0.2, 0.25) is 0 Å². The number of esters is 1. The number of halogens is 2. The van der Waals surface area contributed by atoms with E-state index < -0.39 is 41.4 Å². The van der Waals surface area contributed by atoms with Crippen LogP contribution in [-0.2, 0) is 20.2 Å². The molecule has 11 heteroatoms. The molecule has 3 heterocycles. The van der Waals surface area contributed by atoms with Gasteiger partial charge >= 0.3 is 17.9 Å². The van der Waals surface area contributed by atoms with Gasteiger partial charge in [0.15, 0.2) is 11.4 Å². The topological polar surface area (TPSA) is 126 Å². The van der Waals surface area contributed by atoms with Crippen molar-refractivity contribution in [3.05, 3.63) is 30.1 Å². The number of ether oxygens (including phenoxy) is 1. The molecule has 0 unspecified atom stereocenters. The van der Waals surface area contributed by atoms with Crippen molar-refractivity contribution in [2.24, 2.45) is 0 Å². The normalized spacial score (nSPS) is 19.6. The Morgan fingerprint density at radius 3 is 2.56 bits per heavy atom. The number of aromatic nitrogens is 2. The molecule has 1 aliphatic rings. The van der Waals surface area contributed by atoms with Gasteiger partial charge in [-0.25, -0.2) is 19.6 Å². The number of rotatable bonds is 4. The Balaban J connectivity index is 1.93. The number of β-amino-alcohol motifs (C(OH)–C–C–N with tert-alkyl or cyclic N) is 1. The fourth-order valence-electron chi connectivity index (χ4n) is 3.65. The number of aliphatic carboxylic acids is 1. The minimum Gasteiger partial charge on any atom is -0.476 e. The third-order valence-corrected chi connectivity index (χ3v) is 4.98. The zero-order chi connectivity index (χ0) is 23.4. The fraction of sp³-hybridized carbons (Fsp3) is 0.429. The van der Waals surface area contributed by atoms with E-state index in [-0.39, 0.29) is 29.9 Å². The molecule has 2 aromatic heterocycles. The van der Waals surface area contributed by atoms with Crippen LogP contribution in [0.5, 0.6) is 0 Å². The average Bonchev–Trinajstić information content (AvgIpc) is 3.26. The highest BCUT2D eigenvalue weighted by Gasteiger charge is 2.47. The highest BCUT2D eigenvalue weighted by molar-refractivity contribution is 6.06. The molecule has 0 amide bonds. The second-order valence-corrected chi connectivity index (χ2v) is 8.62. The number of para-hydroxylation sites is 1. The van der Waals surface area contributed by atoms with Crippen LogP contribution in [0.1, 0.15) is 33.0 Å². The number of carboxylic acid groups (broad SMARTS) is 1. The fourth-order valence-corrected chi connectivity index (χ4v) is 3.65. The van der Waals surface area contributed by atoms with Gasteiger partial charge in [0, 0.05) is 18.4 Å². The minimum atomic E-state index is -4.39. The number of hydrogen-bond acceptors (Lipinski definition) is 8. The summed E-state index contributed by atoms with van der Waals surface area (Å²) in [5.41, 5.74) is -0.523. The predicted octanol–water partition coefficient (Wildman–Crippen LogP) is 2.83. The largest absolute Gasteiger partial charge is 0.476 e. The SMILES string of the molecule is CC(C)(C)OC(=O)[C@@H]1C[C@H](O)CN1c1nc(C(F)(F)C(=O)O)nc2c1oc1ccccc12. The van der Waals surface area contributed by atoms with Crippen molar-refractivity contribution in [3.8, 4) is 0 Å². The number of aliphatic hydroxyl groups excluding tert-OH is 1. The maximum atomic E-state index is 14.4. The van der Waals surface area contributed by atoms with Crippen molar-refractivity contribution in [3.63, 3.8) is 0 Å². The number of carbonyl (C=O) groups is 2. The number of hydrogen-bond donors (Lipinski definition) is 2. The molecule has 0 spiro atoms. The molecule has 2 atom stereocenters. The van der Waals surface area contributed by atoms with Gasteiger partial charge in [0.25, 0.3) is 0 Å². The monoisotopic (exact) mass is 449 g/mol. The number of aliphatic hydroxyl groups is 1. The molecule has 1 aliphatic heterocycles. The van der Waals surface area contributed by atoms with Crippen molar-refractivity contribution >= 4 is 39.8 Å². The summed E-state index contributed by atoms with van der Waals surface area (Å²) in [6.07, 6.45) is -0.990. The lowest BCUT2D eigenvalue weighted by molar-refractivity contribution is -0.167. The second kappa shape index (κ2) is 7.37. The molecule has 0 aliphatic carbocycles. The molecule has 3 aromatic rings. The first-order valence-electron chi connectivity index (χ1n) is 9.87. The zero-order valence-electron chi connectivity index (χ0n) is 17.5. The smallest absolute Gasteiger partial charge is 0.401 e. The maximum absolute atomic E-state index is 14.4. The van der Waals surface area contributed by atoms with Crippen LogP contribution in [0.4, 0.5) is 14.6 Å². The number of carbonyl (C=O) groups excluding carboxylic acids is 1. The van der Waals surface area contributed by atoms with Gasteiger partial charge in [-0.1, -0.05) is 12.1 Å². The predicted molar refractivity (Wildman–Crippen MR) is 108 cm³/mol. The Bertz CT molecular complexity index is 1220. The van der Waals surface area contributed by atoms with Gasteiger partial charge in [0.2, 0.25) is 5.82 Å². The standard InChI is InChI=1S/C21H21F2N3O6/c1-20(2,3)32-17(28)12-8-10(27)9-26(12)16-15-14(11-6-4-5-7-13(11)31-15)24-18(25-16)21(22,23)19(29)30/h4-7,10,12,27H,8-9H2,1-3H3,(H,29,30)/t10-,12-/m0/s1. The van der Waals surface area contributed by atoms with Gasteiger partial charge in [-0.2, -0.15) is 8.78 Å². The van der Waals surface area contributed by atoms with Crippen molar-refractivity contribution in [1.29, 1.82) is 0 Å².